The van der Waals surface area contributed by atoms with Crippen LogP contribution in [0, 0.1) is 0 Å². The van der Waals surface area contributed by atoms with E-state index in [1.807, 2.05) is 0 Å². The fourth-order valence-electron chi connectivity index (χ4n) is 0.318. The lowest BCUT2D eigenvalue weighted by Crippen LogP contribution is -1.71. The molecule has 0 saturated carbocycles. The lowest BCUT2D eigenvalue weighted by atomic mass is 10.7. The van der Waals surface area contributed by atoms with Crippen LogP contribution in [0.25, 0.3) is 0 Å². The Morgan fingerprint density at radius 3 is 3.25 bits per heavy atom. The molecule has 0 aliphatic carbocycles. The number of nitrogens with one attached hydrogen (secondary N) is 1. The van der Waals surface area contributed by atoms with Crippen molar-refractivity contribution in [2.75, 3.05) is 5.09 Å². The first-order chi connectivity index (χ1) is 3.93. The minimum Gasteiger partial charge on any atom is -0.338 e. The molecule has 1 rings (SSSR count). The molecule has 0 unspecified atom stereocenters. The Kier molecular flexibility index (Phi) is 1.59. The van der Waals surface area contributed by atoms with E-state index in [9.17, 15) is 4.57 Å². The van der Waals surface area contributed by atoms with Gasteiger partial charge in [0.15, 0.2) is 0 Å². The summed E-state index contributed by atoms with van der Waals surface area (Å²) < 4.78 is 14.3. The molecule has 0 atom stereocenters. The second-order valence-corrected chi connectivity index (χ2v) is 1.49. The van der Waals surface area contributed by atoms with E-state index in [4.69, 9.17) is 0 Å². The minimum atomic E-state index is -0.178. The summed E-state index contributed by atoms with van der Waals surface area (Å²) in [6.07, 6.45) is 1.47. The molecule has 0 amide bonds. The molecule has 1 heterocycles. The van der Waals surface area contributed by atoms with E-state index in [0.29, 0.717) is 5.88 Å². The number of rotatable bonds is 2. The third kappa shape index (κ3) is 1.04. The second-order valence-electron chi connectivity index (χ2n) is 1.08. The molecule has 0 saturated heterocycles. The first kappa shape index (κ1) is 5.25. The molecule has 5 heteroatoms. The van der Waals surface area contributed by atoms with E-state index in [0.717, 1.165) is 0 Å². The quantitative estimate of drug-likeness (QED) is 0.613. The fourth-order valence-corrected chi connectivity index (χ4v) is 0.524. The minimum absolute atomic E-state index is 0.178. The van der Waals surface area contributed by atoms with Crippen LogP contribution in [0.2, 0.25) is 0 Å². The zero-order valence-electron chi connectivity index (χ0n) is 3.87. The molecular weight excluding hydrogens is 127 g/mol. The van der Waals surface area contributed by atoms with E-state index in [-0.39, 0.29) is 8.61 Å². The summed E-state index contributed by atoms with van der Waals surface area (Å²) in [5.41, 5.74) is 0. The standard InChI is InChI=1S/C3H3N2O2P/c6-8-5-3-1-2-4-7-3/h1-2H,(H,5,6). The molecule has 0 spiro atoms. The molecule has 1 aromatic heterocycles. The highest BCUT2D eigenvalue weighted by Gasteiger charge is 1.89. The largest absolute Gasteiger partial charge is 0.338 e. The maximum atomic E-state index is 9.77. The molecule has 8 heavy (non-hydrogen) atoms. The molecule has 1 N–H and O–H groups in total. The molecule has 42 valence electrons. The van der Waals surface area contributed by atoms with Crippen LogP contribution < -0.4 is 5.09 Å². The average Bonchev–Trinajstić information content (AvgIpc) is 2.19. The van der Waals surface area contributed by atoms with Crippen molar-refractivity contribution in [2.24, 2.45) is 0 Å². The van der Waals surface area contributed by atoms with Crippen molar-refractivity contribution in [2.45, 2.75) is 0 Å². The van der Waals surface area contributed by atoms with Crippen LogP contribution in [0.5, 0.6) is 0 Å². The Morgan fingerprint density at radius 2 is 2.75 bits per heavy atom. The van der Waals surface area contributed by atoms with Crippen LogP contribution in [-0.4, -0.2) is 5.16 Å². The Morgan fingerprint density at radius 1 is 1.88 bits per heavy atom. The van der Waals surface area contributed by atoms with Crippen molar-refractivity contribution in [3.05, 3.63) is 12.3 Å². The predicted molar refractivity (Wildman–Crippen MR) is 27.7 cm³/mol. The first-order valence-corrected chi connectivity index (χ1v) is 2.74. The van der Waals surface area contributed by atoms with Crippen molar-refractivity contribution in [1.29, 1.82) is 0 Å². The SMILES string of the molecule is O=PNc1ccno1. The van der Waals surface area contributed by atoms with Crippen LogP contribution in [0.3, 0.4) is 0 Å². The molecule has 0 aliphatic heterocycles. The van der Waals surface area contributed by atoms with Gasteiger partial charge in [-0.2, -0.15) is 0 Å². The fraction of sp³-hybridized carbons (Fsp3) is 0. The van der Waals surface area contributed by atoms with Crippen molar-refractivity contribution < 1.29 is 9.09 Å². The van der Waals surface area contributed by atoms with Gasteiger partial charge in [-0.05, 0) is 0 Å². The third-order valence-corrected chi connectivity index (χ3v) is 0.905. The van der Waals surface area contributed by atoms with E-state index >= 15 is 0 Å². The molecule has 0 fully saturated rings. The number of aromatic nitrogens is 1. The summed E-state index contributed by atoms with van der Waals surface area (Å²) in [4.78, 5) is 0. The normalized spacial score (nSPS) is 9.50. The van der Waals surface area contributed by atoms with Gasteiger partial charge < -0.3 is 4.52 Å². The van der Waals surface area contributed by atoms with Gasteiger partial charge in [-0.25, -0.2) is 4.57 Å². The van der Waals surface area contributed by atoms with Crippen LogP contribution in [-0.2, 0) is 4.57 Å². The second kappa shape index (κ2) is 2.43. The molecule has 0 radical (unpaired) electrons. The van der Waals surface area contributed by atoms with Crippen LogP contribution in [0.15, 0.2) is 16.8 Å². The maximum absolute atomic E-state index is 9.77. The smallest absolute Gasteiger partial charge is 0.281 e. The van der Waals surface area contributed by atoms with Crippen molar-refractivity contribution >= 4 is 14.5 Å². The third-order valence-electron chi connectivity index (χ3n) is 0.594. The van der Waals surface area contributed by atoms with Gasteiger partial charge in [0.05, 0.1) is 6.20 Å². The van der Waals surface area contributed by atoms with Crippen molar-refractivity contribution in [3.8, 4) is 0 Å². The van der Waals surface area contributed by atoms with Gasteiger partial charge in [0.2, 0.25) is 5.88 Å². The van der Waals surface area contributed by atoms with E-state index in [1.165, 1.54) is 6.20 Å². The number of nitrogens with zero attached hydrogens (tertiary/aromatic N) is 1. The van der Waals surface area contributed by atoms with E-state index < -0.39 is 0 Å². The Hall–Kier alpha value is -0.890. The van der Waals surface area contributed by atoms with Crippen molar-refractivity contribution in [1.82, 2.24) is 5.16 Å². The summed E-state index contributed by atoms with van der Waals surface area (Å²) in [5, 5.41) is 5.73. The molecule has 0 aromatic carbocycles. The Balaban J connectivity index is 2.62. The molecule has 0 bridgehead atoms. The zero-order chi connectivity index (χ0) is 5.82. The zero-order valence-corrected chi connectivity index (χ0v) is 4.76. The van der Waals surface area contributed by atoms with Gasteiger partial charge >= 0.3 is 0 Å². The highest BCUT2D eigenvalue weighted by atomic mass is 31.1. The van der Waals surface area contributed by atoms with Crippen LogP contribution >= 0.6 is 8.61 Å². The highest BCUT2D eigenvalue weighted by Crippen LogP contribution is 2.07. The van der Waals surface area contributed by atoms with Gasteiger partial charge in [0.1, 0.15) is 0 Å². The van der Waals surface area contributed by atoms with Gasteiger partial charge in [0, 0.05) is 6.07 Å². The van der Waals surface area contributed by atoms with Crippen LogP contribution in [0.4, 0.5) is 5.88 Å². The lowest BCUT2D eigenvalue weighted by molar-refractivity contribution is 0.436. The van der Waals surface area contributed by atoms with Crippen molar-refractivity contribution in [3.63, 3.8) is 0 Å². The maximum Gasteiger partial charge on any atom is 0.281 e. The molecule has 1 aromatic rings. The number of hydrogen-bond donors (Lipinski definition) is 1. The summed E-state index contributed by atoms with van der Waals surface area (Å²) >= 11 is 0. The van der Waals surface area contributed by atoms with Gasteiger partial charge in [-0.3, -0.25) is 5.09 Å². The summed E-state index contributed by atoms with van der Waals surface area (Å²) in [5.74, 6) is 0.404. The molecule has 0 aliphatic rings. The summed E-state index contributed by atoms with van der Waals surface area (Å²) in [6.45, 7) is 0. The average molecular weight is 130 g/mol. The van der Waals surface area contributed by atoms with Gasteiger partial charge in [-0.1, -0.05) is 5.16 Å². The van der Waals surface area contributed by atoms with Gasteiger partial charge in [-0.15, -0.1) is 0 Å². The summed E-state index contributed by atoms with van der Waals surface area (Å²) in [7, 11) is -0.178. The topological polar surface area (TPSA) is 55.1 Å². The monoisotopic (exact) mass is 130 g/mol. The van der Waals surface area contributed by atoms with Crippen LogP contribution in [0.1, 0.15) is 0 Å². The van der Waals surface area contributed by atoms with Gasteiger partial charge in [0.25, 0.3) is 8.61 Å². The predicted octanol–water partition coefficient (Wildman–Crippen LogP) is 1.29. The number of anilines is 1. The molecular formula is C3H3N2O2P. The Labute approximate surface area is 47.1 Å². The van der Waals surface area contributed by atoms with E-state index in [1.54, 1.807) is 6.07 Å². The Bertz CT molecular complexity index is 162. The van der Waals surface area contributed by atoms with E-state index in [2.05, 4.69) is 14.8 Å². The molecule has 4 nitrogen and oxygen atoms in total. The number of hydrogen-bond acceptors (Lipinski definition) is 3. The summed E-state index contributed by atoms with van der Waals surface area (Å²) in [6, 6.07) is 1.57. The lowest BCUT2D eigenvalue weighted by Gasteiger charge is -1.80. The highest BCUT2D eigenvalue weighted by molar-refractivity contribution is 7.25. The first-order valence-electron chi connectivity index (χ1n) is 1.92.